The summed E-state index contributed by atoms with van der Waals surface area (Å²) in [7, 11) is 0. The molecule has 0 unspecified atom stereocenters. The molecule has 0 aliphatic carbocycles. The molecule has 0 N–H and O–H groups in total. The number of ether oxygens (including phenoxy) is 1. The molecule has 1 amide bonds. The molecular weight excluding hydrogens is 412 g/mol. The fourth-order valence-corrected chi connectivity index (χ4v) is 4.38. The van der Waals surface area contributed by atoms with Gasteiger partial charge in [-0.2, -0.15) is 5.10 Å². The Kier molecular flexibility index (Phi) is 5.16. The van der Waals surface area contributed by atoms with Crippen LogP contribution in [0, 0.1) is 6.92 Å². The van der Waals surface area contributed by atoms with E-state index in [-0.39, 0.29) is 6.09 Å². The second kappa shape index (κ2) is 8.03. The average Bonchev–Trinajstić information content (AvgIpc) is 3.20. The summed E-state index contributed by atoms with van der Waals surface area (Å²) in [6, 6.07) is 18.7. The van der Waals surface area contributed by atoms with Crippen molar-refractivity contribution in [3.63, 3.8) is 0 Å². The molecule has 168 valence electrons. The summed E-state index contributed by atoms with van der Waals surface area (Å²) in [6.07, 6.45) is 2.42. The molecule has 0 saturated heterocycles. The molecule has 1 aliphatic heterocycles. The molecule has 0 saturated carbocycles. The molecule has 0 spiro atoms. The lowest BCUT2D eigenvalue weighted by Crippen LogP contribution is -2.40. The van der Waals surface area contributed by atoms with E-state index in [0.29, 0.717) is 13.1 Å². The lowest BCUT2D eigenvalue weighted by Gasteiger charge is -2.32. The van der Waals surface area contributed by atoms with Crippen LogP contribution in [0.25, 0.3) is 27.8 Å². The number of hydrogen-bond acceptors (Lipinski definition) is 4. The summed E-state index contributed by atoms with van der Waals surface area (Å²) in [6.45, 7) is 8.88. The number of carbonyl (C=O) groups is 1. The van der Waals surface area contributed by atoms with Crippen LogP contribution >= 0.6 is 0 Å². The van der Waals surface area contributed by atoms with Gasteiger partial charge in [-0.15, -0.1) is 0 Å². The first-order valence-corrected chi connectivity index (χ1v) is 11.3. The van der Waals surface area contributed by atoms with E-state index < -0.39 is 5.60 Å². The van der Waals surface area contributed by atoms with E-state index in [9.17, 15) is 4.79 Å². The molecular formula is C27H28N4O2. The quantitative estimate of drug-likeness (QED) is 0.402. The normalized spacial score (nSPS) is 13.8. The van der Waals surface area contributed by atoms with Crippen molar-refractivity contribution in [2.24, 2.45) is 0 Å². The number of aromatic nitrogens is 3. The number of rotatable bonds is 2. The molecule has 2 aromatic heterocycles. The highest BCUT2D eigenvalue weighted by Crippen LogP contribution is 2.33. The highest BCUT2D eigenvalue weighted by Gasteiger charge is 2.27. The van der Waals surface area contributed by atoms with Crippen molar-refractivity contribution in [2.75, 3.05) is 6.54 Å². The first kappa shape index (κ1) is 21.2. The average molecular weight is 441 g/mol. The summed E-state index contributed by atoms with van der Waals surface area (Å²) < 4.78 is 7.48. The third-order valence-electron chi connectivity index (χ3n) is 5.89. The van der Waals surface area contributed by atoms with Crippen LogP contribution in [0.15, 0.2) is 60.8 Å². The molecule has 6 heteroatoms. The number of pyridine rings is 1. The lowest BCUT2D eigenvalue weighted by atomic mass is 9.90. The first-order valence-electron chi connectivity index (χ1n) is 11.3. The van der Waals surface area contributed by atoms with Crippen LogP contribution in [0.3, 0.4) is 0 Å². The van der Waals surface area contributed by atoms with Crippen LogP contribution in [0.2, 0.25) is 0 Å². The number of carbonyl (C=O) groups excluding carboxylic acids is 1. The molecule has 3 heterocycles. The van der Waals surface area contributed by atoms with Crippen molar-refractivity contribution >= 4 is 17.0 Å². The van der Waals surface area contributed by atoms with E-state index in [1.807, 2.05) is 56.8 Å². The van der Waals surface area contributed by atoms with Gasteiger partial charge in [0.05, 0.1) is 11.7 Å². The number of amides is 1. The SMILES string of the molecule is Cc1cccc(-n2ncc3ccc(-c4cccc5c4CCN(C(=O)OC(C)(C)C)C5)cc32)n1. The van der Waals surface area contributed by atoms with Crippen LogP contribution < -0.4 is 0 Å². The van der Waals surface area contributed by atoms with Crippen LogP contribution in [0.1, 0.15) is 37.6 Å². The van der Waals surface area contributed by atoms with E-state index >= 15 is 0 Å². The summed E-state index contributed by atoms with van der Waals surface area (Å²) in [5, 5.41) is 5.66. The Labute approximate surface area is 193 Å². The first-order chi connectivity index (χ1) is 15.8. The van der Waals surface area contributed by atoms with Gasteiger partial charge in [0.15, 0.2) is 5.82 Å². The Bertz CT molecular complexity index is 1350. The molecule has 4 aromatic rings. The van der Waals surface area contributed by atoms with Gasteiger partial charge in [0.2, 0.25) is 0 Å². The fraction of sp³-hybridized carbons (Fsp3) is 0.296. The van der Waals surface area contributed by atoms with Gasteiger partial charge in [-0.1, -0.05) is 36.4 Å². The van der Waals surface area contributed by atoms with Gasteiger partial charge in [0.1, 0.15) is 5.60 Å². The zero-order valence-corrected chi connectivity index (χ0v) is 19.5. The van der Waals surface area contributed by atoms with E-state index in [1.54, 1.807) is 4.90 Å². The van der Waals surface area contributed by atoms with Gasteiger partial charge in [-0.25, -0.2) is 14.5 Å². The molecule has 0 fully saturated rings. The Morgan fingerprint density at radius 1 is 1.06 bits per heavy atom. The monoisotopic (exact) mass is 440 g/mol. The molecule has 5 rings (SSSR count). The summed E-state index contributed by atoms with van der Waals surface area (Å²) in [5.74, 6) is 0.810. The van der Waals surface area contributed by atoms with Crippen LogP contribution in [-0.4, -0.2) is 37.9 Å². The van der Waals surface area contributed by atoms with Gasteiger partial charge in [0.25, 0.3) is 0 Å². The van der Waals surface area contributed by atoms with Crippen LogP contribution in [0.5, 0.6) is 0 Å². The standard InChI is InChI=1S/C27H28N4O2/c1-18-7-5-10-25(29-18)31-24-15-19(11-12-20(24)16-28-31)22-9-6-8-21-17-30(14-13-23(21)22)26(32)33-27(2,3)4/h5-12,15-16H,13-14,17H2,1-4H3. The number of aryl methyl sites for hydroxylation is 1. The van der Waals surface area contributed by atoms with Gasteiger partial charge in [0, 0.05) is 24.2 Å². The maximum Gasteiger partial charge on any atom is 0.410 e. The lowest BCUT2D eigenvalue weighted by molar-refractivity contribution is 0.0224. The predicted molar refractivity (Wildman–Crippen MR) is 129 cm³/mol. The van der Waals surface area contributed by atoms with Gasteiger partial charge < -0.3 is 9.64 Å². The van der Waals surface area contributed by atoms with E-state index in [0.717, 1.165) is 34.4 Å². The molecule has 2 aromatic carbocycles. The third-order valence-corrected chi connectivity index (χ3v) is 5.89. The maximum absolute atomic E-state index is 12.6. The fourth-order valence-electron chi connectivity index (χ4n) is 4.38. The molecule has 0 radical (unpaired) electrons. The number of benzene rings is 2. The summed E-state index contributed by atoms with van der Waals surface area (Å²) in [4.78, 5) is 19.0. The second-order valence-electron chi connectivity index (χ2n) is 9.56. The summed E-state index contributed by atoms with van der Waals surface area (Å²) >= 11 is 0. The van der Waals surface area contributed by atoms with Crippen LogP contribution in [-0.2, 0) is 17.7 Å². The largest absolute Gasteiger partial charge is 0.444 e. The van der Waals surface area contributed by atoms with Gasteiger partial charge >= 0.3 is 6.09 Å². The maximum atomic E-state index is 12.6. The van der Waals surface area contributed by atoms with Gasteiger partial charge in [-0.3, -0.25) is 0 Å². The van der Waals surface area contributed by atoms with Crippen molar-refractivity contribution in [1.29, 1.82) is 0 Å². The molecule has 0 bridgehead atoms. The highest BCUT2D eigenvalue weighted by molar-refractivity contribution is 5.86. The van der Waals surface area contributed by atoms with Crippen molar-refractivity contribution < 1.29 is 9.53 Å². The molecule has 1 aliphatic rings. The summed E-state index contributed by atoms with van der Waals surface area (Å²) in [5.41, 5.74) is 6.27. The second-order valence-corrected chi connectivity index (χ2v) is 9.56. The Balaban J connectivity index is 1.50. The zero-order valence-electron chi connectivity index (χ0n) is 19.5. The smallest absolute Gasteiger partial charge is 0.410 e. The Hall–Kier alpha value is -3.67. The minimum atomic E-state index is -0.496. The number of hydrogen-bond donors (Lipinski definition) is 0. The van der Waals surface area contributed by atoms with E-state index in [1.165, 1.54) is 16.7 Å². The third kappa shape index (κ3) is 4.21. The van der Waals surface area contributed by atoms with E-state index in [4.69, 9.17) is 4.74 Å². The molecule has 0 atom stereocenters. The minimum Gasteiger partial charge on any atom is -0.444 e. The van der Waals surface area contributed by atoms with Crippen molar-refractivity contribution in [2.45, 2.75) is 46.3 Å². The van der Waals surface area contributed by atoms with E-state index in [2.05, 4.69) is 46.5 Å². The number of nitrogens with zero attached hydrogens (tertiary/aromatic N) is 4. The molecule has 33 heavy (non-hydrogen) atoms. The van der Waals surface area contributed by atoms with Crippen molar-refractivity contribution in [1.82, 2.24) is 19.7 Å². The van der Waals surface area contributed by atoms with Gasteiger partial charge in [-0.05, 0) is 74.6 Å². The number of fused-ring (bicyclic) bond motifs is 2. The minimum absolute atomic E-state index is 0.255. The highest BCUT2D eigenvalue weighted by atomic mass is 16.6. The molecule has 6 nitrogen and oxygen atoms in total. The topological polar surface area (TPSA) is 60.2 Å². The predicted octanol–water partition coefficient (Wildman–Crippen LogP) is 5.69. The Morgan fingerprint density at radius 3 is 2.67 bits per heavy atom. The van der Waals surface area contributed by atoms with Crippen LogP contribution in [0.4, 0.5) is 4.79 Å². The zero-order chi connectivity index (χ0) is 23.2. The van der Waals surface area contributed by atoms with Crippen molar-refractivity contribution in [3.05, 3.63) is 77.6 Å². The van der Waals surface area contributed by atoms with Crippen molar-refractivity contribution in [3.8, 4) is 16.9 Å². The Morgan fingerprint density at radius 2 is 1.88 bits per heavy atom.